The Labute approximate surface area is 90.4 Å². The average molecular weight is 204 g/mol. The minimum absolute atomic E-state index is 0.153. The number of nitrogens with one attached hydrogen (secondary N) is 1. The van der Waals surface area contributed by atoms with Crippen molar-refractivity contribution >= 4 is 0 Å². The lowest BCUT2D eigenvalue weighted by atomic mass is 10.1. The van der Waals surface area contributed by atoms with Crippen LogP contribution in [0, 0.1) is 11.3 Å². The molecule has 0 fully saturated rings. The normalized spacial score (nSPS) is 12.1. The Morgan fingerprint density at radius 1 is 1.40 bits per heavy atom. The molecule has 0 amide bonds. The van der Waals surface area contributed by atoms with E-state index in [9.17, 15) is 0 Å². The molecule has 1 atom stereocenters. The topological polar surface area (TPSA) is 56.0 Å². The molecule has 0 aliphatic carbocycles. The first kappa shape index (κ1) is 11.7. The van der Waals surface area contributed by atoms with E-state index >= 15 is 0 Å². The van der Waals surface area contributed by atoms with Gasteiger partial charge >= 0.3 is 0 Å². The smallest absolute Gasteiger partial charge is 0.0991 e. The van der Waals surface area contributed by atoms with E-state index in [1.807, 2.05) is 19.1 Å². The molecule has 0 saturated carbocycles. The molecule has 80 valence electrons. The lowest BCUT2D eigenvalue weighted by Gasteiger charge is -2.13. The second kappa shape index (κ2) is 6.18. The van der Waals surface area contributed by atoms with Crippen LogP contribution in [0.1, 0.15) is 24.5 Å². The van der Waals surface area contributed by atoms with Gasteiger partial charge < -0.3 is 10.4 Å². The van der Waals surface area contributed by atoms with E-state index in [2.05, 4.69) is 11.4 Å². The zero-order chi connectivity index (χ0) is 11.1. The molecular formula is C12H16N2O. The van der Waals surface area contributed by atoms with Gasteiger partial charge in [0.1, 0.15) is 0 Å². The maximum atomic E-state index is 8.98. The van der Waals surface area contributed by atoms with Crippen molar-refractivity contribution in [2.45, 2.75) is 25.9 Å². The molecule has 0 saturated heterocycles. The molecule has 3 heteroatoms. The highest BCUT2D eigenvalue weighted by molar-refractivity contribution is 5.31. The monoisotopic (exact) mass is 204 g/mol. The highest BCUT2D eigenvalue weighted by Gasteiger charge is 2.02. The van der Waals surface area contributed by atoms with Crippen LogP contribution in [0.4, 0.5) is 0 Å². The fourth-order valence-corrected chi connectivity index (χ4v) is 1.30. The quantitative estimate of drug-likeness (QED) is 0.762. The van der Waals surface area contributed by atoms with Gasteiger partial charge in [0, 0.05) is 12.6 Å². The van der Waals surface area contributed by atoms with E-state index in [1.165, 1.54) is 0 Å². The number of hydrogen-bond donors (Lipinski definition) is 2. The minimum atomic E-state index is 0.153. The fraction of sp³-hybridized carbons (Fsp3) is 0.417. The molecule has 2 N–H and O–H groups in total. The van der Waals surface area contributed by atoms with Crippen molar-refractivity contribution in [2.75, 3.05) is 6.61 Å². The van der Waals surface area contributed by atoms with Gasteiger partial charge in [0.15, 0.2) is 0 Å². The molecule has 1 rings (SSSR count). The van der Waals surface area contributed by atoms with Crippen molar-refractivity contribution in [3.8, 4) is 6.07 Å². The maximum Gasteiger partial charge on any atom is 0.0991 e. The lowest BCUT2D eigenvalue weighted by Crippen LogP contribution is -2.31. The molecule has 0 bridgehead atoms. The van der Waals surface area contributed by atoms with Gasteiger partial charge in [-0.1, -0.05) is 19.1 Å². The van der Waals surface area contributed by atoms with Crippen LogP contribution in [0.15, 0.2) is 24.3 Å². The van der Waals surface area contributed by atoms with Crippen molar-refractivity contribution in [3.05, 3.63) is 35.4 Å². The summed E-state index contributed by atoms with van der Waals surface area (Å²) in [4.78, 5) is 0. The highest BCUT2D eigenvalue weighted by atomic mass is 16.3. The van der Waals surface area contributed by atoms with Crippen molar-refractivity contribution < 1.29 is 5.11 Å². The Kier molecular flexibility index (Phi) is 4.82. The summed E-state index contributed by atoms with van der Waals surface area (Å²) in [5.41, 5.74) is 1.80. The molecule has 0 radical (unpaired) electrons. The van der Waals surface area contributed by atoms with Crippen molar-refractivity contribution in [1.82, 2.24) is 5.32 Å². The second-order valence-corrected chi connectivity index (χ2v) is 3.48. The third-order valence-electron chi connectivity index (χ3n) is 2.39. The summed E-state index contributed by atoms with van der Waals surface area (Å²) in [5.74, 6) is 0. The van der Waals surface area contributed by atoms with Crippen LogP contribution in [0.25, 0.3) is 0 Å². The number of nitrogens with zero attached hydrogens (tertiary/aromatic N) is 1. The summed E-state index contributed by atoms with van der Waals surface area (Å²) in [7, 11) is 0. The summed E-state index contributed by atoms with van der Waals surface area (Å²) in [6.45, 7) is 2.92. The van der Waals surface area contributed by atoms with Crippen LogP contribution in [0.2, 0.25) is 0 Å². The fourth-order valence-electron chi connectivity index (χ4n) is 1.30. The number of benzene rings is 1. The number of aliphatic hydroxyl groups is 1. The number of aliphatic hydroxyl groups excluding tert-OH is 1. The van der Waals surface area contributed by atoms with Gasteiger partial charge in [-0.15, -0.1) is 0 Å². The van der Waals surface area contributed by atoms with Gasteiger partial charge in [0.2, 0.25) is 0 Å². The summed E-state index contributed by atoms with van der Waals surface area (Å²) < 4.78 is 0. The molecule has 0 aromatic heterocycles. The first-order chi connectivity index (χ1) is 7.30. The van der Waals surface area contributed by atoms with E-state index < -0.39 is 0 Å². The predicted octanol–water partition coefficient (Wildman–Crippen LogP) is 1.42. The number of hydrogen-bond acceptors (Lipinski definition) is 3. The van der Waals surface area contributed by atoms with E-state index in [0.29, 0.717) is 5.56 Å². The lowest BCUT2D eigenvalue weighted by molar-refractivity contribution is 0.238. The molecule has 1 aromatic rings. The van der Waals surface area contributed by atoms with Crippen LogP contribution < -0.4 is 5.32 Å². The third kappa shape index (κ3) is 3.70. The van der Waals surface area contributed by atoms with E-state index in [1.54, 1.807) is 12.1 Å². The Morgan fingerprint density at radius 3 is 2.53 bits per heavy atom. The molecule has 3 nitrogen and oxygen atoms in total. The maximum absolute atomic E-state index is 8.98. The molecule has 0 heterocycles. The SMILES string of the molecule is CC[C@H](CO)NCc1ccc(C#N)cc1. The van der Waals surface area contributed by atoms with Gasteiger partial charge in [-0.3, -0.25) is 0 Å². The average Bonchev–Trinajstić information content (AvgIpc) is 2.31. The molecule has 0 unspecified atom stereocenters. The second-order valence-electron chi connectivity index (χ2n) is 3.48. The van der Waals surface area contributed by atoms with Crippen LogP contribution in [0.3, 0.4) is 0 Å². The minimum Gasteiger partial charge on any atom is -0.395 e. The molecule has 15 heavy (non-hydrogen) atoms. The van der Waals surface area contributed by atoms with Gasteiger partial charge in [-0.25, -0.2) is 0 Å². The first-order valence-electron chi connectivity index (χ1n) is 5.13. The highest BCUT2D eigenvalue weighted by Crippen LogP contribution is 2.03. The molecule has 0 spiro atoms. The third-order valence-corrected chi connectivity index (χ3v) is 2.39. The molecule has 1 aromatic carbocycles. The number of rotatable bonds is 5. The van der Waals surface area contributed by atoms with Crippen LogP contribution in [0.5, 0.6) is 0 Å². The predicted molar refractivity (Wildman–Crippen MR) is 59.2 cm³/mol. The van der Waals surface area contributed by atoms with Gasteiger partial charge in [0.25, 0.3) is 0 Å². The Bertz CT molecular complexity index is 322. The summed E-state index contributed by atoms with van der Waals surface area (Å²) in [6.07, 6.45) is 0.910. The Balaban J connectivity index is 2.48. The van der Waals surface area contributed by atoms with Gasteiger partial charge in [-0.05, 0) is 24.1 Å². The first-order valence-corrected chi connectivity index (χ1v) is 5.13. The zero-order valence-corrected chi connectivity index (χ0v) is 8.90. The Morgan fingerprint density at radius 2 is 2.07 bits per heavy atom. The van der Waals surface area contributed by atoms with Crippen molar-refractivity contribution in [1.29, 1.82) is 5.26 Å². The van der Waals surface area contributed by atoms with Crippen molar-refractivity contribution in [3.63, 3.8) is 0 Å². The van der Waals surface area contributed by atoms with E-state index in [0.717, 1.165) is 18.5 Å². The van der Waals surface area contributed by atoms with Crippen LogP contribution in [-0.4, -0.2) is 17.8 Å². The molecule has 0 aliphatic heterocycles. The summed E-state index contributed by atoms with van der Waals surface area (Å²) >= 11 is 0. The van der Waals surface area contributed by atoms with Crippen LogP contribution in [-0.2, 0) is 6.54 Å². The number of nitriles is 1. The summed E-state index contributed by atoms with van der Waals surface area (Å²) in [6, 6.07) is 9.69. The van der Waals surface area contributed by atoms with Crippen molar-refractivity contribution in [2.24, 2.45) is 0 Å². The van der Waals surface area contributed by atoms with Gasteiger partial charge in [-0.2, -0.15) is 5.26 Å². The van der Waals surface area contributed by atoms with Crippen LogP contribution >= 0.6 is 0 Å². The zero-order valence-electron chi connectivity index (χ0n) is 8.90. The molecule has 0 aliphatic rings. The molecular weight excluding hydrogens is 188 g/mol. The van der Waals surface area contributed by atoms with Gasteiger partial charge in [0.05, 0.1) is 18.2 Å². The Hall–Kier alpha value is -1.37. The van der Waals surface area contributed by atoms with E-state index in [-0.39, 0.29) is 12.6 Å². The standard InChI is InChI=1S/C12H16N2O/c1-2-12(9-15)14-8-11-5-3-10(7-13)4-6-11/h3-6,12,14-15H,2,8-9H2,1H3/t12-/m1/s1. The largest absolute Gasteiger partial charge is 0.395 e. The van der Waals surface area contributed by atoms with E-state index in [4.69, 9.17) is 10.4 Å². The summed E-state index contributed by atoms with van der Waals surface area (Å²) in [5, 5.41) is 20.8.